The maximum Gasteiger partial charge on any atom is 0.243 e. The van der Waals surface area contributed by atoms with Crippen molar-refractivity contribution in [3.05, 3.63) is 59.7 Å². The Bertz CT molecular complexity index is 923. The van der Waals surface area contributed by atoms with Gasteiger partial charge >= 0.3 is 0 Å². The second kappa shape index (κ2) is 8.23. The standard InChI is InChI=1S/C21H25NO4S/c1-16-7-3-4-11-21(16)26-15-18-8-6-12-22(14-18)27(24,25)20-10-5-9-19(13-20)17(2)23/h3-5,7,9-11,13,18H,6,8,12,14-15H2,1-2H3. The molecule has 5 nitrogen and oxygen atoms in total. The summed E-state index contributed by atoms with van der Waals surface area (Å²) in [7, 11) is -3.62. The first-order chi connectivity index (χ1) is 12.9. The van der Waals surface area contributed by atoms with Crippen molar-refractivity contribution in [2.45, 2.75) is 31.6 Å². The average molecular weight is 388 g/mol. The minimum atomic E-state index is -3.62. The van der Waals surface area contributed by atoms with Crippen LogP contribution in [0.2, 0.25) is 0 Å². The number of carbonyl (C=O) groups excluding carboxylic acids is 1. The van der Waals surface area contributed by atoms with Gasteiger partial charge in [-0.1, -0.05) is 30.3 Å². The van der Waals surface area contributed by atoms with Crippen molar-refractivity contribution in [3.63, 3.8) is 0 Å². The molecule has 1 atom stereocenters. The van der Waals surface area contributed by atoms with E-state index in [1.54, 1.807) is 18.2 Å². The molecular weight excluding hydrogens is 362 g/mol. The second-order valence-corrected chi connectivity index (χ2v) is 8.97. The zero-order chi connectivity index (χ0) is 19.4. The van der Waals surface area contributed by atoms with Crippen LogP contribution in [0.15, 0.2) is 53.4 Å². The number of Topliss-reactive ketones (excluding diaryl/α,β-unsaturated/α-hetero) is 1. The van der Waals surface area contributed by atoms with Crippen LogP contribution in [0.5, 0.6) is 5.75 Å². The van der Waals surface area contributed by atoms with Crippen molar-refractivity contribution >= 4 is 15.8 Å². The molecule has 0 radical (unpaired) electrons. The van der Waals surface area contributed by atoms with Crippen LogP contribution in [-0.4, -0.2) is 38.2 Å². The lowest BCUT2D eigenvalue weighted by molar-refractivity contribution is 0.101. The zero-order valence-corrected chi connectivity index (χ0v) is 16.5. The summed E-state index contributed by atoms with van der Waals surface area (Å²) < 4.78 is 33.5. The summed E-state index contributed by atoms with van der Waals surface area (Å²) in [5.74, 6) is 0.839. The molecule has 1 aliphatic rings. The molecule has 2 aromatic carbocycles. The van der Waals surface area contributed by atoms with E-state index in [0.717, 1.165) is 24.2 Å². The van der Waals surface area contributed by atoms with Gasteiger partial charge in [-0.25, -0.2) is 8.42 Å². The van der Waals surface area contributed by atoms with Gasteiger partial charge in [-0.2, -0.15) is 4.31 Å². The highest BCUT2D eigenvalue weighted by molar-refractivity contribution is 7.89. The Balaban J connectivity index is 1.70. The maximum atomic E-state index is 13.0. The molecule has 1 aliphatic heterocycles. The molecule has 0 amide bonds. The van der Waals surface area contributed by atoms with Crippen molar-refractivity contribution in [1.29, 1.82) is 0 Å². The van der Waals surface area contributed by atoms with E-state index in [9.17, 15) is 13.2 Å². The molecule has 144 valence electrons. The molecule has 1 fully saturated rings. The Morgan fingerprint density at radius 3 is 2.70 bits per heavy atom. The Morgan fingerprint density at radius 2 is 1.96 bits per heavy atom. The third-order valence-electron chi connectivity index (χ3n) is 4.93. The van der Waals surface area contributed by atoms with Gasteiger partial charge in [-0.05, 0) is 50.5 Å². The first-order valence-electron chi connectivity index (χ1n) is 9.17. The number of piperidine rings is 1. The zero-order valence-electron chi connectivity index (χ0n) is 15.7. The number of carbonyl (C=O) groups is 1. The molecule has 27 heavy (non-hydrogen) atoms. The molecule has 2 aromatic rings. The number of hydrogen-bond donors (Lipinski definition) is 0. The minimum Gasteiger partial charge on any atom is -0.493 e. The number of benzene rings is 2. The van der Waals surface area contributed by atoms with E-state index in [1.165, 1.54) is 17.3 Å². The van der Waals surface area contributed by atoms with E-state index >= 15 is 0 Å². The molecule has 0 aromatic heterocycles. The summed E-state index contributed by atoms with van der Waals surface area (Å²) in [6.45, 7) is 4.84. The molecular formula is C21H25NO4S. The van der Waals surface area contributed by atoms with Gasteiger partial charge < -0.3 is 4.74 Å². The summed E-state index contributed by atoms with van der Waals surface area (Å²) in [5, 5.41) is 0. The van der Waals surface area contributed by atoms with Gasteiger partial charge in [0.05, 0.1) is 11.5 Å². The van der Waals surface area contributed by atoms with E-state index < -0.39 is 10.0 Å². The van der Waals surface area contributed by atoms with Crippen LogP contribution in [-0.2, 0) is 10.0 Å². The van der Waals surface area contributed by atoms with Crippen molar-refractivity contribution in [1.82, 2.24) is 4.31 Å². The molecule has 0 spiro atoms. The summed E-state index contributed by atoms with van der Waals surface area (Å²) >= 11 is 0. The maximum absolute atomic E-state index is 13.0. The SMILES string of the molecule is CC(=O)c1cccc(S(=O)(=O)N2CCCC(COc3ccccc3C)C2)c1. The number of ketones is 1. The predicted octanol–water partition coefficient (Wildman–Crippen LogP) is 3.68. The lowest BCUT2D eigenvalue weighted by atomic mass is 10.0. The molecule has 1 unspecified atom stereocenters. The van der Waals surface area contributed by atoms with Crippen LogP contribution >= 0.6 is 0 Å². The van der Waals surface area contributed by atoms with Gasteiger partial charge in [0.15, 0.2) is 5.78 Å². The molecule has 0 saturated carbocycles. The normalized spacial score (nSPS) is 18.2. The Labute approximate surface area is 161 Å². The van der Waals surface area contributed by atoms with Crippen LogP contribution in [0, 0.1) is 12.8 Å². The van der Waals surface area contributed by atoms with Crippen molar-refractivity contribution in [2.24, 2.45) is 5.92 Å². The van der Waals surface area contributed by atoms with Crippen molar-refractivity contribution in [2.75, 3.05) is 19.7 Å². The van der Waals surface area contributed by atoms with Gasteiger partial charge in [0.1, 0.15) is 5.75 Å². The summed E-state index contributed by atoms with van der Waals surface area (Å²) in [4.78, 5) is 11.8. The highest BCUT2D eigenvalue weighted by Crippen LogP contribution is 2.26. The van der Waals surface area contributed by atoms with Crippen molar-refractivity contribution < 1.29 is 17.9 Å². The van der Waals surface area contributed by atoms with E-state index in [1.807, 2.05) is 31.2 Å². The van der Waals surface area contributed by atoms with Gasteiger partial charge in [0, 0.05) is 24.6 Å². The largest absolute Gasteiger partial charge is 0.493 e. The average Bonchev–Trinajstić information content (AvgIpc) is 2.67. The smallest absolute Gasteiger partial charge is 0.243 e. The van der Waals surface area contributed by atoms with Crippen LogP contribution in [0.25, 0.3) is 0 Å². The van der Waals surface area contributed by atoms with Crippen LogP contribution in [0.1, 0.15) is 35.7 Å². The van der Waals surface area contributed by atoms with E-state index in [0.29, 0.717) is 25.3 Å². The highest BCUT2D eigenvalue weighted by atomic mass is 32.2. The van der Waals surface area contributed by atoms with Gasteiger partial charge in [-0.3, -0.25) is 4.79 Å². The molecule has 6 heteroatoms. The number of ether oxygens (including phenoxy) is 1. The topological polar surface area (TPSA) is 63.7 Å². The summed E-state index contributed by atoms with van der Waals surface area (Å²) in [6.07, 6.45) is 1.73. The Kier molecular flexibility index (Phi) is 5.97. The lowest BCUT2D eigenvalue weighted by Crippen LogP contribution is -2.41. The van der Waals surface area contributed by atoms with Gasteiger partial charge in [0.2, 0.25) is 10.0 Å². The number of para-hydroxylation sites is 1. The Morgan fingerprint density at radius 1 is 1.19 bits per heavy atom. The fourth-order valence-corrected chi connectivity index (χ4v) is 4.93. The number of hydrogen-bond acceptors (Lipinski definition) is 4. The van der Waals surface area contributed by atoms with Crippen LogP contribution < -0.4 is 4.74 Å². The molecule has 0 aliphatic carbocycles. The fraction of sp³-hybridized carbons (Fsp3) is 0.381. The molecule has 3 rings (SSSR count). The van der Waals surface area contributed by atoms with Crippen LogP contribution in [0.4, 0.5) is 0 Å². The highest BCUT2D eigenvalue weighted by Gasteiger charge is 2.30. The van der Waals surface area contributed by atoms with Gasteiger partial charge in [-0.15, -0.1) is 0 Å². The lowest BCUT2D eigenvalue weighted by Gasteiger charge is -2.32. The quantitative estimate of drug-likeness (QED) is 0.710. The molecule has 1 heterocycles. The molecule has 0 N–H and O–H groups in total. The monoisotopic (exact) mass is 387 g/mol. The molecule has 1 saturated heterocycles. The van der Waals surface area contributed by atoms with E-state index in [4.69, 9.17) is 4.74 Å². The summed E-state index contributed by atoms with van der Waals surface area (Å²) in [6, 6.07) is 14.1. The Hall–Kier alpha value is -2.18. The second-order valence-electron chi connectivity index (χ2n) is 7.03. The number of nitrogens with zero attached hydrogens (tertiary/aromatic N) is 1. The fourth-order valence-electron chi connectivity index (χ4n) is 3.33. The first kappa shape index (κ1) is 19.6. The minimum absolute atomic E-state index is 0.143. The third-order valence-corrected chi connectivity index (χ3v) is 6.79. The van der Waals surface area contributed by atoms with E-state index in [-0.39, 0.29) is 16.6 Å². The number of rotatable bonds is 6. The third kappa shape index (κ3) is 4.57. The van der Waals surface area contributed by atoms with Crippen LogP contribution in [0.3, 0.4) is 0 Å². The van der Waals surface area contributed by atoms with E-state index in [2.05, 4.69) is 0 Å². The van der Waals surface area contributed by atoms with Crippen molar-refractivity contribution in [3.8, 4) is 5.75 Å². The number of aryl methyl sites for hydroxylation is 1. The molecule has 0 bridgehead atoms. The van der Waals surface area contributed by atoms with Gasteiger partial charge in [0.25, 0.3) is 0 Å². The predicted molar refractivity (Wildman–Crippen MR) is 105 cm³/mol. The summed E-state index contributed by atoms with van der Waals surface area (Å²) in [5.41, 5.74) is 1.48. The first-order valence-corrected chi connectivity index (χ1v) is 10.6. The number of sulfonamides is 1.